The zero-order valence-electron chi connectivity index (χ0n) is 10.4. The van der Waals surface area contributed by atoms with Crippen LogP contribution < -0.4 is 5.32 Å². The summed E-state index contributed by atoms with van der Waals surface area (Å²) in [6, 6.07) is 0.539. The molecule has 0 aromatic heterocycles. The molecule has 0 saturated heterocycles. The van der Waals surface area contributed by atoms with Crippen molar-refractivity contribution in [2.24, 2.45) is 0 Å². The van der Waals surface area contributed by atoms with Crippen LogP contribution in [0.4, 0.5) is 0 Å². The highest BCUT2D eigenvalue weighted by Crippen LogP contribution is 1.94. The Morgan fingerprint density at radius 1 is 1.44 bits per heavy atom. The van der Waals surface area contributed by atoms with Gasteiger partial charge in [0.25, 0.3) is 0 Å². The van der Waals surface area contributed by atoms with Gasteiger partial charge in [-0.15, -0.1) is 0 Å². The Balaban J connectivity index is 3.36. The molecule has 96 valence electrons. The fraction of sp³-hybridized carbons (Fsp3) is 0.909. The van der Waals surface area contributed by atoms with Crippen LogP contribution in [0, 0.1) is 0 Å². The van der Waals surface area contributed by atoms with Gasteiger partial charge in [0.2, 0.25) is 0 Å². The number of nitrogens with zero attached hydrogens (tertiary/aromatic N) is 1. The van der Waals surface area contributed by atoms with E-state index in [0.29, 0.717) is 12.6 Å². The molecule has 0 rings (SSSR count). The van der Waals surface area contributed by atoms with Gasteiger partial charge in [-0.25, -0.2) is 0 Å². The van der Waals surface area contributed by atoms with E-state index in [1.807, 2.05) is 0 Å². The zero-order chi connectivity index (χ0) is 12.6. The normalized spacial score (nSPS) is 13.4. The van der Waals surface area contributed by atoms with E-state index in [2.05, 4.69) is 31.1 Å². The maximum absolute atomic E-state index is 10.3. The molecule has 5 nitrogen and oxygen atoms in total. The van der Waals surface area contributed by atoms with Crippen molar-refractivity contribution in [2.45, 2.75) is 38.8 Å². The summed E-state index contributed by atoms with van der Waals surface area (Å²) in [6.07, 6.45) is 0.00761. The van der Waals surface area contributed by atoms with Crippen LogP contribution in [-0.4, -0.2) is 59.9 Å². The zero-order valence-corrected chi connectivity index (χ0v) is 10.4. The molecule has 0 aliphatic rings. The van der Waals surface area contributed by atoms with Crippen LogP contribution in [0.5, 0.6) is 0 Å². The number of aliphatic hydroxyl groups excluding tert-OH is 1. The Kier molecular flexibility index (Phi) is 8.15. The van der Waals surface area contributed by atoms with E-state index >= 15 is 0 Å². The quantitative estimate of drug-likeness (QED) is 0.493. The maximum Gasteiger partial charge on any atom is 0.306 e. The molecule has 1 unspecified atom stereocenters. The first kappa shape index (κ1) is 15.3. The number of nitrogens with one attached hydrogen (secondary N) is 1. The number of carboxylic acids is 1. The Hall–Kier alpha value is -0.650. The monoisotopic (exact) mass is 232 g/mol. The van der Waals surface area contributed by atoms with Crippen molar-refractivity contribution in [3.8, 4) is 0 Å². The van der Waals surface area contributed by atoms with E-state index in [4.69, 9.17) is 5.11 Å². The van der Waals surface area contributed by atoms with Gasteiger partial charge in [0, 0.05) is 12.6 Å². The van der Waals surface area contributed by atoms with Gasteiger partial charge in [0.15, 0.2) is 0 Å². The van der Waals surface area contributed by atoms with Gasteiger partial charge in [-0.1, -0.05) is 0 Å². The molecule has 5 heteroatoms. The van der Waals surface area contributed by atoms with Gasteiger partial charge in [-0.2, -0.15) is 0 Å². The molecule has 0 spiro atoms. The van der Waals surface area contributed by atoms with E-state index in [9.17, 15) is 9.90 Å². The Morgan fingerprint density at radius 2 is 2.06 bits per heavy atom. The molecule has 0 bridgehead atoms. The van der Waals surface area contributed by atoms with Crippen LogP contribution in [0.2, 0.25) is 0 Å². The van der Waals surface area contributed by atoms with Crippen molar-refractivity contribution in [3.63, 3.8) is 0 Å². The van der Waals surface area contributed by atoms with Gasteiger partial charge in [-0.3, -0.25) is 4.79 Å². The lowest BCUT2D eigenvalue weighted by Gasteiger charge is -2.20. The second-order valence-electron chi connectivity index (χ2n) is 4.38. The summed E-state index contributed by atoms with van der Waals surface area (Å²) >= 11 is 0. The van der Waals surface area contributed by atoms with E-state index < -0.39 is 12.1 Å². The summed E-state index contributed by atoms with van der Waals surface area (Å²) in [5.74, 6) is -0.964. The lowest BCUT2D eigenvalue weighted by Crippen LogP contribution is -2.32. The van der Waals surface area contributed by atoms with Gasteiger partial charge in [0.1, 0.15) is 0 Å². The van der Waals surface area contributed by atoms with Crippen LogP contribution in [0.15, 0.2) is 0 Å². The largest absolute Gasteiger partial charge is 0.481 e. The Bertz CT molecular complexity index is 198. The number of aliphatic hydroxyl groups is 1. The maximum atomic E-state index is 10.3. The molecule has 3 N–H and O–H groups in total. The SMILES string of the molecule is CC(C)N(C)CCCNCC(O)CC(=O)O. The predicted molar refractivity (Wildman–Crippen MR) is 63.5 cm³/mol. The molecule has 0 fully saturated rings. The molecule has 0 amide bonds. The first-order valence-corrected chi connectivity index (χ1v) is 5.74. The highest BCUT2D eigenvalue weighted by atomic mass is 16.4. The van der Waals surface area contributed by atoms with E-state index in [1.165, 1.54) is 0 Å². The Morgan fingerprint density at radius 3 is 2.56 bits per heavy atom. The lowest BCUT2D eigenvalue weighted by molar-refractivity contribution is -0.139. The second-order valence-corrected chi connectivity index (χ2v) is 4.38. The summed E-state index contributed by atoms with van der Waals surface area (Å²) in [4.78, 5) is 12.5. The topological polar surface area (TPSA) is 72.8 Å². The molecule has 0 saturated carbocycles. The van der Waals surface area contributed by atoms with Crippen LogP contribution in [0.1, 0.15) is 26.7 Å². The first-order chi connectivity index (χ1) is 7.43. The molecule has 0 aliphatic heterocycles. The number of rotatable bonds is 9. The highest BCUT2D eigenvalue weighted by molar-refractivity contribution is 5.67. The van der Waals surface area contributed by atoms with Crippen molar-refractivity contribution in [1.29, 1.82) is 0 Å². The summed E-state index contributed by atoms with van der Waals surface area (Å²) in [7, 11) is 2.07. The molecule has 16 heavy (non-hydrogen) atoms. The average Bonchev–Trinajstić information content (AvgIpc) is 2.15. The van der Waals surface area contributed by atoms with Gasteiger partial charge in [0.05, 0.1) is 12.5 Å². The number of carboxylic acid groups (broad SMARTS) is 1. The molecular weight excluding hydrogens is 208 g/mol. The molecular formula is C11H24N2O3. The minimum absolute atomic E-state index is 0.196. The first-order valence-electron chi connectivity index (χ1n) is 5.74. The van der Waals surface area contributed by atoms with Crippen molar-refractivity contribution in [1.82, 2.24) is 10.2 Å². The number of hydrogen-bond acceptors (Lipinski definition) is 4. The van der Waals surface area contributed by atoms with Crippen LogP contribution in [0.3, 0.4) is 0 Å². The minimum Gasteiger partial charge on any atom is -0.481 e. The molecule has 0 aromatic carbocycles. The number of hydrogen-bond donors (Lipinski definition) is 3. The fourth-order valence-corrected chi connectivity index (χ4v) is 1.25. The molecule has 0 aliphatic carbocycles. The summed E-state index contributed by atoms with van der Waals surface area (Å²) < 4.78 is 0. The van der Waals surface area contributed by atoms with Gasteiger partial charge >= 0.3 is 5.97 Å². The summed E-state index contributed by atoms with van der Waals surface area (Å²) in [5.41, 5.74) is 0. The van der Waals surface area contributed by atoms with Gasteiger partial charge in [-0.05, 0) is 40.4 Å². The van der Waals surface area contributed by atoms with Crippen LogP contribution in [-0.2, 0) is 4.79 Å². The van der Waals surface area contributed by atoms with Crippen molar-refractivity contribution in [3.05, 3.63) is 0 Å². The molecule has 1 atom stereocenters. The van der Waals surface area contributed by atoms with Gasteiger partial charge < -0.3 is 20.4 Å². The van der Waals surface area contributed by atoms with Crippen molar-refractivity contribution < 1.29 is 15.0 Å². The third-order valence-corrected chi connectivity index (χ3v) is 2.54. The van der Waals surface area contributed by atoms with Crippen molar-refractivity contribution in [2.75, 3.05) is 26.7 Å². The van der Waals surface area contributed by atoms with Crippen LogP contribution >= 0.6 is 0 Å². The standard InChI is InChI=1S/C11H24N2O3/c1-9(2)13(3)6-4-5-12-8-10(14)7-11(15)16/h9-10,12,14H,4-8H2,1-3H3,(H,15,16). The third kappa shape index (κ3) is 8.64. The van der Waals surface area contributed by atoms with E-state index in [1.54, 1.807) is 0 Å². The lowest BCUT2D eigenvalue weighted by atomic mass is 10.2. The highest BCUT2D eigenvalue weighted by Gasteiger charge is 2.08. The summed E-state index contributed by atoms with van der Waals surface area (Å²) in [5, 5.41) is 20.7. The van der Waals surface area contributed by atoms with E-state index in [-0.39, 0.29) is 6.42 Å². The van der Waals surface area contributed by atoms with E-state index in [0.717, 1.165) is 19.5 Å². The minimum atomic E-state index is -0.964. The fourth-order valence-electron chi connectivity index (χ4n) is 1.25. The summed E-state index contributed by atoms with van der Waals surface area (Å²) in [6.45, 7) is 6.43. The molecule has 0 radical (unpaired) electrons. The number of aliphatic carboxylic acids is 1. The van der Waals surface area contributed by atoms with Crippen LogP contribution in [0.25, 0.3) is 0 Å². The second kappa shape index (κ2) is 8.50. The smallest absolute Gasteiger partial charge is 0.306 e. The average molecular weight is 232 g/mol. The Labute approximate surface area is 97.4 Å². The van der Waals surface area contributed by atoms with Crippen molar-refractivity contribution >= 4 is 5.97 Å². The molecule has 0 aromatic rings. The number of carbonyl (C=O) groups is 1. The third-order valence-electron chi connectivity index (χ3n) is 2.54. The predicted octanol–water partition coefficient (Wildman–Crippen LogP) is 0.142. The molecule has 0 heterocycles.